The van der Waals surface area contributed by atoms with Crippen LogP contribution in [-0.4, -0.2) is 55.5 Å². The van der Waals surface area contributed by atoms with Gasteiger partial charge >= 0.3 is 0 Å². The van der Waals surface area contributed by atoms with Gasteiger partial charge in [0.2, 0.25) is 0 Å². The van der Waals surface area contributed by atoms with E-state index in [9.17, 15) is 14.0 Å². The van der Waals surface area contributed by atoms with E-state index in [2.05, 4.69) is 16.3 Å². The quantitative estimate of drug-likeness (QED) is 0.830. The summed E-state index contributed by atoms with van der Waals surface area (Å²) in [6, 6.07) is 5.98. The molecule has 6 nitrogen and oxygen atoms in total. The maximum atomic E-state index is 13.4. The van der Waals surface area contributed by atoms with Crippen molar-refractivity contribution in [3.63, 3.8) is 0 Å². The number of alkyl halides is 1. The molecular weight excluding hydrogens is 373 g/mol. The highest BCUT2D eigenvalue weighted by Gasteiger charge is 2.31. The molecule has 1 fully saturated rings. The summed E-state index contributed by atoms with van der Waals surface area (Å²) in [5.74, 6) is 1.67. The van der Waals surface area contributed by atoms with Crippen LogP contribution in [0, 0.1) is 0 Å². The molecule has 29 heavy (non-hydrogen) atoms. The number of allylic oxidation sites excluding steroid dienone is 1. The summed E-state index contributed by atoms with van der Waals surface area (Å²) in [6.07, 6.45) is 3.21. The average molecular weight is 397 g/mol. The normalized spacial score (nSPS) is 22.0. The van der Waals surface area contributed by atoms with Crippen molar-refractivity contribution in [2.75, 3.05) is 37.7 Å². The van der Waals surface area contributed by atoms with Crippen molar-refractivity contribution in [2.24, 2.45) is 0 Å². The average Bonchev–Trinajstić information content (AvgIpc) is 3.13. The van der Waals surface area contributed by atoms with E-state index in [4.69, 9.17) is 4.74 Å². The number of piperidine rings is 1. The van der Waals surface area contributed by atoms with Crippen molar-refractivity contribution in [1.29, 1.82) is 0 Å². The number of hydrogen-bond donors (Lipinski definition) is 1. The number of nitrogens with zero attached hydrogens (tertiary/aromatic N) is 2. The number of rotatable bonds is 2. The van der Waals surface area contributed by atoms with Crippen LogP contribution in [0.1, 0.15) is 35.2 Å². The molecule has 5 rings (SSSR count). The number of fused-ring (bicyclic) bond motifs is 1. The fourth-order valence-electron chi connectivity index (χ4n) is 4.50. The number of hydrogen-bond acceptors (Lipinski definition) is 5. The first-order chi connectivity index (χ1) is 14.1. The Morgan fingerprint density at radius 1 is 1.17 bits per heavy atom. The molecule has 7 heteroatoms. The molecule has 3 heterocycles. The zero-order chi connectivity index (χ0) is 20.0. The molecule has 0 radical (unpaired) electrons. The molecule has 1 amide bonds. The smallest absolute Gasteiger partial charge is 0.251 e. The highest BCUT2D eigenvalue weighted by atomic mass is 19.1. The Labute approximate surface area is 169 Å². The Hall–Kier alpha value is -2.83. The molecule has 1 aliphatic carbocycles. The van der Waals surface area contributed by atoms with Crippen molar-refractivity contribution in [3.05, 3.63) is 52.6 Å². The van der Waals surface area contributed by atoms with Gasteiger partial charge in [0.1, 0.15) is 18.6 Å². The van der Waals surface area contributed by atoms with Gasteiger partial charge in [-0.2, -0.15) is 0 Å². The van der Waals surface area contributed by atoms with Gasteiger partial charge < -0.3 is 19.9 Å². The Morgan fingerprint density at radius 3 is 2.83 bits per heavy atom. The minimum Gasteiger partial charge on any atom is -0.488 e. The SMILES string of the molecule is O=C1CCc2cc(N3CCOC4=C3NCC(C(=O)N3CCC(F)CC3)=C4)ccc21. The Balaban J connectivity index is 1.39. The fourth-order valence-corrected chi connectivity index (χ4v) is 4.50. The summed E-state index contributed by atoms with van der Waals surface area (Å²) in [7, 11) is 0. The van der Waals surface area contributed by atoms with Crippen molar-refractivity contribution in [3.8, 4) is 0 Å². The molecule has 0 atom stereocenters. The van der Waals surface area contributed by atoms with Crippen LogP contribution >= 0.6 is 0 Å². The minimum atomic E-state index is -0.801. The number of carbonyl (C=O) groups is 2. The van der Waals surface area contributed by atoms with E-state index in [-0.39, 0.29) is 11.7 Å². The summed E-state index contributed by atoms with van der Waals surface area (Å²) in [5, 5.41) is 3.35. The molecule has 4 aliphatic rings. The number of benzene rings is 1. The predicted molar refractivity (Wildman–Crippen MR) is 106 cm³/mol. The van der Waals surface area contributed by atoms with Gasteiger partial charge in [-0.15, -0.1) is 0 Å². The maximum absolute atomic E-state index is 13.4. The van der Waals surface area contributed by atoms with Gasteiger partial charge in [-0.25, -0.2) is 4.39 Å². The van der Waals surface area contributed by atoms with Gasteiger partial charge in [0, 0.05) is 42.9 Å². The number of ketones is 1. The molecule has 1 N–H and O–H groups in total. The highest BCUT2D eigenvalue weighted by Crippen LogP contribution is 2.31. The molecule has 0 saturated carbocycles. The Morgan fingerprint density at radius 2 is 2.00 bits per heavy atom. The van der Waals surface area contributed by atoms with Gasteiger partial charge in [-0.1, -0.05) is 0 Å². The van der Waals surface area contributed by atoms with Gasteiger partial charge in [-0.05, 0) is 49.1 Å². The molecule has 0 bridgehead atoms. The van der Waals surface area contributed by atoms with E-state index in [1.165, 1.54) is 0 Å². The second kappa shape index (κ2) is 7.21. The number of nitrogens with one attached hydrogen (secondary N) is 1. The lowest BCUT2D eigenvalue weighted by Crippen LogP contribution is -2.45. The van der Waals surface area contributed by atoms with Crippen molar-refractivity contribution < 1.29 is 18.7 Å². The number of ether oxygens (including phenoxy) is 1. The number of aryl methyl sites for hydroxylation is 1. The maximum Gasteiger partial charge on any atom is 0.251 e. The zero-order valence-electron chi connectivity index (χ0n) is 16.2. The highest BCUT2D eigenvalue weighted by molar-refractivity contribution is 6.00. The molecule has 152 valence electrons. The molecule has 0 aromatic heterocycles. The molecular formula is C22H24FN3O3. The molecule has 1 aromatic carbocycles. The third-order valence-corrected chi connectivity index (χ3v) is 6.14. The minimum absolute atomic E-state index is 0.0484. The van der Waals surface area contributed by atoms with Gasteiger partial charge in [0.15, 0.2) is 11.5 Å². The third-order valence-electron chi connectivity index (χ3n) is 6.14. The third kappa shape index (κ3) is 3.28. The number of likely N-dealkylation sites (tertiary alicyclic amines) is 1. The summed E-state index contributed by atoms with van der Waals surface area (Å²) in [4.78, 5) is 28.6. The predicted octanol–water partition coefficient (Wildman–Crippen LogP) is 2.31. The largest absolute Gasteiger partial charge is 0.488 e. The lowest BCUT2D eigenvalue weighted by molar-refractivity contribution is -0.128. The number of anilines is 1. The molecule has 0 unspecified atom stereocenters. The van der Waals surface area contributed by atoms with Crippen LogP contribution in [0.2, 0.25) is 0 Å². The summed E-state index contributed by atoms with van der Waals surface area (Å²) in [6.45, 7) is 2.55. The molecule has 1 aromatic rings. The van der Waals surface area contributed by atoms with Crippen LogP contribution in [0.4, 0.5) is 10.1 Å². The first-order valence-electron chi connectivity index (χ1n) is 10.3. The zero-order valence-corrected chi connectivity index (χ0v) is 16.2. The Bertz CT molecular complexity index is 931. The first-order valence-corrected chi connectivity index (χ1v) is 10.3. The fraction of sp³-hybridized carbons (Fsp3) is 0.455. The van der Waals surface area contributed by atoms with Crippen LogP contribution < -0.4 is 10.2 Å². The van der Waals surface area contributed by atoms with Crippen LogP contribution in [0.25, 0.3) is 0 Å². The van der Waals surface area contributed by atoms with Crippen LogP contribution in [0.5, 0.6) is 0 Å². The van der Waals surface area contributed by atoms with E-state index in [1.807, 2.05) is 18.2 Å². The van der Waals surface area contributed by atoms with Gasteiger partial charge in [-0.3, -0.25) is 9.59 Å². The number of dihydropyridines is 1. The second-order valence-corrected chi connectivity index (χ2v) is 7.97. The second-order valence-electron chi connectivity index (χ2n) is 7.97. The number of carbonyl (C=O) groups excluding carboxylic acids is 2. The van der Waals surface area contributed by atoms with Crippen LogP contribution in [0.15, 0.2) is 41.4 Å². The lowest BCUT2D eigenvalue weighted by atomic mass is 10.1. The summed E-state index contributed by atoms with van der Waals surface area (Å²) < 4.78 is 19.2. The van der Waals surface area contributed by atoms with E-state index in [0.29, 0.717) is 63.4 Å². The van der Waals surface area contributed by atoms with E-state index in [1.54, 1.807) is 4.90 Å². The van der Waals surface area contributed by atoms with Crippen LogP contribution in [-0.2, 0) is 16.0 Å². The summed E-state index contributed by atoms with van der Waals surface area (Å²) in [5.41, 5.74) is 3.59. The molecule has 3 aliphatic heterocycles. The van der Waals surface area contributed by atoms with Crippen molar-refractivity contribution in [2.45, 2.75) is 31.9 Å². The lowest BCUT2D eigenvalue weighted by Gasteiger charge is -2.37. The first kappa shape index (κ1) is 18.2. The van der Waals surface area contributed by atoms with E-state index < -0.39 is 6.17 Å². The van der Waals surface area contributed by atoms with Gasteiger partial charge in [0.05, 0.1) is 6.54 Å². The van der Waals surface area contributed by atoms with Crippen molar-refractivity contribution in [1.82, 2.24) is 10.2 Å². The molecule has 0 spiro atoms. The summed E-state index contributed by atoms with van der Waals surface area (Å²) >= 11 is 0. The van der Waals surface area contributed by atoms with E-state index in [0.717, 1.165) is 29.1 Å². The molecule has 1 saturated heterocycles. The topological polar surface area (TPSA) is 61.9 Å². The number of Topliss-reactive ketones (excluding diaryl/α,β-unsaturated/α-hetero) is 1. The van der Waals surface area contributed by atoms with E-state index >= 15 is 0 Å². The van der Waals surface area contributed by atoms with Crippen LogP contribution in [0.3, 0.4) is 0 Å². The van der Waals surface area contributed by atoms with Gasteiger partial charge in [0.25, 0.3) is 5.91 Å². The standard InChI is InChI=1S/C22H24FN3O3/c23-16-5-7-25(8-6-16)22(28)15-12-20-21(24-13-15)26(9-10-29-20)17-2-3-18-14(11-17)1-4-19(18)27/h2-3,11-12,16,24H,1,4-10,13H2. The number of amides is 1. The van der Waals surface area contributed by atoms with Crippen molar-refractivity contribution >= 4 is 17.4 Å². The monoisotopic (exact) mass is 397 g/mol. The Kier molecular flexibility index (Phi) is 4.53. The number of halogens is 1.